The van der Waals surface area contributed by atoms with Crippen LogP contribution in [0, 0.1) is 5.95 Å². The molecule has 0 spiro atoms. The summed E-state index contributed by atoms with van der Waals surface area (Å²) in [5.74, 6) is -0.767. The molecule has 1 saturated heterocycles. The van der Waals surface area contributed by atoms with Crippen LogP contribution in [0.15, 0.2) is 18.3 Å². The number of carbonyl (C=O) groups is 1. The predicted molar refractivity (Wildman–Crippen MR) is 53.8 cm³/mol. The maximum absolute atomic E-state index is 12.9. The molecule has 1 aliphatic rings. The van der Waals surface area contributed by atoms with E-state index in [0.29, 0.717) is 5.56 Å². The lowest BCUT2D eigenvalue weighted by Crippen LogP contribution is -2.41. The Morgan fingerprint density at radius 1 is 1.53 bits per heavy atom. The van der Waals surface area contributed by atoms with Gasteiger partial charge in [0, 0.05) is 12.2 Å². The number of halogens is 1. The molecule has 0 radical (unpaired) electrons. The molecule has 1 N–H and O–H groups in total. The molecule has 1 amide bonds. The van der Waals surface area contributed by atoms with Crippen LogP contribution in [0.2, 0.25) is 0 Å². The van der Waals surface area contributed by atoms with Gasteiger partial charge in [-0.25, -0.2) is 4.98 Å². The molecule has 1 fully saturated rings. The molecule has 1 aliphatic heterocycles. The van der Waals surface area contributed by atoms with Crippen molar-refractivity contribution < 1.29 is 9.18 Å². The van der Waals surface area contributed by atoms with E-state index in [2.05, 4.69) is 10.3 Å². The summed E-state index contributed by atoms with van der Waals surface area (Å²) in [7, 11) is 0. The first-order chi connectivity index (χ1) is 7.16. The molecule has 1 unspecified atom stereocenters. The summed E-state index contributed by atoms with van der Waals surface area (Å²) in [4.78, 5) is 15.1. The summed E-state index contributed by atoms with van der Waals surface area (Å²) in [6.07, 6.45) is 3.10. The summed E-state index contributed by atoms with van der Waals surface area (Å²) in [5.41, 5.74) is 0.715. The smallest absolute Gasteiger partial charge is 0.227 e. The maximum Gasteiger partial charge on any atom is 0.227 e. The molecular formula is C11H13FN2O. The second-order valence-electron chi connectivity index (χ2n) is 3.95. The highest BCUT2D eigenvalue weighted by Gasteiger charge is 2.27. The summed E-state index contributed by atoms with van der Waals surface area (Å²) in [6.45, 7) is 1.97. The van der Waals surface area contributed by atoms with E-state index in [-0.39, 0.29) is 17.9 Å². The first-order valence-corrected chi connectivity index (χ1v) is 5.08. The molecule has 2 heterocycles. The molecule has 1 aromatic rings. The molecule has 3 nitrogen and oxygen atoms in total. The summed E-state index contributed by atoms with van der Waals surface area (Å²) in [5, 5.41) is 2.87. The molecule has 1 aromatic heterocycles. The quantitative estimate of drug-likeness (QED) is 0.712. The SMILES string of the molecule is CC1CC[C@H](c2ccnc(F)c2)C(=O)N1. The molecule has 80 valence electrons. The third-order valence-electron chi connectivity index (χ3n) is 2.75. The van der Waals surface area contributed by atoms with Crippen molar-refractivity contribution in [3.8, 4) is 0 Å². The third kappa shape index (κ3) is 2.14. The Labute approximate surface area is 87.7 Å². The number of nitrogens with one attached hydrogen (secondary N) is 1. The lowest BCUT2D eigenvalue weighted by molar-refractivity contribution is -0.124. The van der Waals surface area contributed by atoms with E-state index in [4.69, 9.17) is 0 Å². The van der Waals surface area contributed by atoms with E-state index in [1.165, 1.54) is 12.3 Å². The zero-order valence-corrected chi connectivity index (χ0v) is 8.53. The van der Waals surface area contributed by atoms with Crippen molar-refractivity contribution in [2.24, 2.45) is 0 Å². The van der Waals surface area contributed by atoms with Crippen molar-refractivity contribution in [1.29, 1.82) is 0 Å². The molecule has 0 saturated carbocycles. The van der Waals surface area contributed by atoms with Gasteiger partial charge in [0.1, 0.15) is 0 Å². The largest absolute Gasteiger partial charge is 0.353 e. The van der Waals surface area contributed by atoms with Crippen LogP contribution in [0.4, 0.5) is 4.39 Å². The first-order valence-electron chi connectivity index (χ1n) is 5.08. The first kappa shape index (κ1) is 10.1. The lowest BCUT2D eigenvalue weighted by atomic mass is 9.89. The molecule has 15 heavy (non-hydrogen) atoms. The number of aromatic nitrogens is 1. The van der Waals surface area contributed by atoms with E-state index in [1.807, 2.05) is 6.92 Å². The Hall–Kier alpha value is -1.45. The number of hydrogen-bond acceptors (Lipinski definition) is 2. The monoisotopic (exact) mass is 208 g/mol. The van der Waals surface area contributed by atoms with E-state index in [9.17, 15) is 9.18 Å². The van der Waals surface area contributed by atoms with E-state index >= 15 is 0 Å². The summed E-state index contributed by atoms with van der Waals surface area (Å²) < 4.78 is 12.9. The number of piperidine rings is 1. The van der Waals surface area contributed by atoms with Gasteiger partial charge in [-0.05, 0) is 37.5 Å². The number of carbonyl (C=O) groups excluding carboxylic acids is 1. The minimum absolute atomic E-state index is 0.0145. The van der Waals surface area contributed by atoms with Gasteiger partial charge in [-0.1, -0.05) is 0 Å². The maximum atomic E-state index is 12.9. The van der Waals surface area contributed by atoms with Gasteiger partial charge in [-0.3, -0.25) is 4.79 Å². The van der Waals surface area contributed by atoms with Crippen molar-refractivity contribution in [1.82, 2.24) is 10.3 Å². The average Bonchev–Trinajstić information content (AvgIpc) is 2.17. The fourth-order valence-electron chi connectivity index (χ4n) is 1.92. The van der Waals surface area contributed by atoms with Gasteiger partial charge in [0.2, 0.25) is 11.9 Å². The number of nitrogens with zero attached hydrogens (tertiary/aromatic N) is 1. The van der Waals surface area contributed by atoms with Gasteiger partial charge < -0.3 is 5.32 Å². The number of pyridine rings is 1. The van der Waals surface area contributed by atoms with E-state index in [0.717, 1.165) is 12.8 Å². The standard InChI is InChI=1S/C11H13FN2O/c1-7-2-3-9(11(15)14-7)8-4-5-13-10(12)6-8/h4-7,9H,2-3H2,1H3,(H,14,15)/t7?,9-/m1/s1. The number of amides is 1. The Kier molecular flexibility index (Phi) is 2.66. The highest BCUT2D eigenvalue weighted by molar-refractivity contribution is 5.84. The van der Waals surface area contributed by atoms with Crippen LogP contribution in [0.1, 0.15) is 31.2 Å². The second-order valence-corrected chi connectivity index (χ2v) is 3.95. The van der Waals surface area contributed by atoms with E-state index in [1.54, 1.807) is 6.07 Å². The normalized spacial score (nSPS) is 26.1. The van der Waals surface area contributed by atoms with Gasteiger partial charge in [-0.2, -0.15) is 4.39 Å². The summed E-state index contributed by atoms with van der Waals surface area (Å²) in [6, 6.07) is 3.25. The van der Waals surface area contributed by atoms with Gasteiger partial charge in [0.05, 0.1) is 5.92 Å². The van der Waals surface area contributed by atoms with Crippen molar-refractivity contribution in [3.05, 3.63) is 29.8 Å². The Morgan fingerprint density at radius 2 is 2.33 bits per heavy atom. The molecule has 2 rings (SSSR count). The van der Waals surface area contributed by atoms with Crippen molar-refractivity contribution >= 4 is 5.91 Å². The topological polar surface area (TPSA) is 42.0 Å². The zero-order valence-electron chi connectivity index (χ0n) is 8.53. The molecule has 0 aromatic carbocycles. The second kappa shape index (κ2) is 3.96. The Balaban J connectivity index is 2.20. The van der Waals surface area contributed by atoms with Crippen molar-refractivity contribution in [2.75, 3.05) is 0 Å². The highest BCUT2D eigenvalue weighted by Crippen LogP contribution is 2.25. The number of rotatable bonds is 1. The highest BCUT2D eigenvalue weighted by atomic mass is 19.1. The van der Waals surface area contributed by atoms with Crippen LogP contribution in [0.25, 0.3) is 0 Å². The van der Waals surface area contributed by atoms with Gasteiger partial charge >= 0.3 is 0 Å². The molecule has 2 atom stereocenters. The van der Waals surface area contributed by atoms with Gasteiger partial charge in [-0.15, -0.1) is 0 Å². The van der Waals surface area contributed by atoms with Gasteiger partial charge in [0.15, 0.2) is 0 Å². The number of hydrogen-bond donors (Lipinski definition) is 1. The van der Waals surface area contributed by atoms with Crippen molar-refractivity contribution in [3.63, 3.8) is 0 Å². The molecule has 0 aliphatic carbocycles. The minimum atomic E-state index is -0.529. The fourth-order valence-corrected chi connectivity index (χ4v) is 1.92. The molecule has 4 heteroatoms. The van der Waals surface area contributed by atoms with Crippen LogP contribution in [0.3, 0.4) is 0 Å². The van der Waals surface area contributed by atoms with Crippen molar-refractivity contribution in [2.45, 2.75) is 31.7 Å². The zero-order chi connectivity index (χ0) is 10.8. The molecular weight excluding hydrogens is 195 g/mol. The van der Waals surface area contributed by atoms with Crippen LogP contribution in [-0.4, -0.2) is 16.9 Å². The lowest BCUT2D eigenvalue weighted by Gasteiger charge is -2.26. The van der Waals surface area contributed by atoms with Crippen LogP contribution >= 0.6 is 0 Å². The molecule has 0 bridgehead atoms. The average molecular weight is 208 g/mol. The fraction of sp³-hybridized carbons (Fsp3) is 0.455. The summed E-state index contributed by atoms with van der Waals surface area (Å²) >= 11 is 0. The van der Waals surface area contributed by atoms with Crippen LogP contribution < -0.4 is 5.32 Å². The minimum Gasteiger partial charge on any atom is -0.353 e. The predicted octanol–water partition coefficient (Wildman–Crippen LogP) is 1.60. The van der Waals surface area contributed by atoms with Gasteiger partial charge in [0.25, 0.3) is 0 Å². The Bertz CT molecular complexity index is 381. The third-order valence-corrected chi connectivity index (χ3v) is 2.75. The van der Waals surface area contributed by atoms with Crippen LogP contribution in [0.5, 0.6) is 0 Å². The van der Waals surface area contributed by atoms with E-state index < -0.39 is 5.95 Å². The Morgan fingerprint density at radius 3 is 3.00 bits per heavy atom. The van der Waals surface area contributed by atoms with Crippen LogP contribution in [-0.2, 0) is 4.79 Å².